The highest BCUT2D eigenvalue weighted by Gasteiger charge is 2.26. The van der Waals surface area contributed by atoms with Gasteiger partial charge in [-0.1, -0.05) is 11.6 Å². The molecule has 0 spiro atoms. The van der Waals surface area contributed by atoms with Crippen LogP contribution in [0.1, 0.15) is 23.8 Å². The van der Waals surface area contributed by atoms with Crippen molar-refractivity contribution in [3.8, 4) is 0 Å². The Bertz CT molecular complexity index is 407. The predicted octanol–water partition coefficient (Wildman–Crippen LogP) is 3.19. The molecule has 0 bridgehead atoms. The van der Waals surface area contributed by atoms with Gasteiger partial charge in [-0.15, -0.1) is 11.3 Å². The van der Waals surface area contributed by atoms with Crippen molar-refractivity contribution in [3.05, 3.63) is 19.8 Å². The van der Waals surface area contributed by atoms with Gasteiger partial charge in [-0.3, -0.25) is 4.90 Å². The van der Waals surface area contributed by atoms with E-state index in [1.807, 2.05) is 0 Å². The molecule has 1 aliphatic rings. The maximum absolute atomic E-state index is 6.13. The first-order valence-corrected chi connectivity index (χ1v) is 8.57. The molecule has 2 atom stereocenters. The summed E-state index contributed by atoms with van der Waals surface area (Å²) in [6.45, 7) is 2.89. The minimum atomic E-state index is 0.253. The third-order valence-corrected chi connectivity index (χ3v) is 6.49. The van der Waals surface area contributed by atoms with E-state index >= 15 is 0 Å². The van der Waals surface area contributed by atoms with Gasteiger partial charge in [0.25, 0.3) is 0 Å². The van der Waals surface area contributed by atoms with Crippen molar-refractivity contribution in [1.82, 2.24) is 9.80 Å². The molecule has 0 saturated carbocycles. The summed E-state index contributed by atoms with van der Waals surface area (Å²) in [5.41, 5.74) is 5.97. The number of thiophene rings is 1. The monoisotopic (exact) mass is 365 g/mol. The van der Waals surface area contributed by atoms with E-state index in [-0.39, 0.29) is 6.04 Å². The number of likely N-dealkylation sites (tertiary alicyclic amines) is 1. The Kier molecular flexibility index (Phi) is 5.69. The number of hydrogen-bond acceptors (Lipinski definition) is 4. The van der Waals surface area contributed by atoms with E-state index in [9.17, 15) is 0 Å². The fourth-order valence-electron chi connectivity index (χ4n) is 2.71. The lowest BCUT2D eigenvalue weighted by Gasteiger charge is -2.31. The minimum absolute atomic E-state index is 0.253. The summed E-state index contributed by atoms with van der Waals surface area (Å²) in [5, 5.41) is 0. The summed E-state index contributed by atoms with van der Waals surface area (Å²) >= 11 is 11.2. The number of nitrogens with two attached hydrogens (primary N) is 1. The van der Waals surface area contributed by atoms with Crippen LogP contribution in [-0.4, -0.2) is 49.6 Å². The van der Waals surface area contributed by atoms with E-state index in [0.717, 1.165) is 15.4 Å². The second kappa shape index (κ2) is 6.87. The Morgan fingerprint density at radius 2 is 2.42 bits per heavy atom. The van der Waals surface area contributed by atoms with E-state index in [1.165, 1.54) is 24.3 Å². The van der Waals surface area contributed by atoms with Crippen molar-refractivity contribution in [1.29, 1.82) is 0 Å². The summed E-state index contributed by atoms with van der Waals surface area (Å²) in [6.07, 6.45) is 2.59. The largest absolute Gasteiger partial charge is 0.329 e. The molecule has 2 rings (SSSR count). The van der Waals surface area contributed by atoms with Gasteiger partial charge in [0, 0.05) is 28.5 Å². The maximum atomic E-state index is 6.13. The van der Waals surface area contributed by atoms with Gasteiger partial charge >= 0.3 is 0 Å². The fourth-order valence-corrected chi connectivity index (χ4v) is 4.63. The summed E-state index contributed by atoms with van der Waals surface area (Å²) in [7, 11) is 4.37. The minimum Gasteiger partial charge on any atom is -0.329 e. The normalized spacial score (nSPS) is 22.3. The maximum Gasteiger partial charge on any atom is 0.107 e. The first-order chi connectivity index (χ1) is 9.02. The standard InChI is InChI=1S/C13H21BrClN3S/c1-17-5-3-4-9(17)8-18(2)11(7-16)12-6-10(14)13(15)19-12/h6,9,11H,3-5,7-8,16H2,1-2H3. The molecule has 1 saturated heterocycles. The molecule has 6 heteroatoms. The molecule has 1 aromatic rings. The van der Waals surface area contributed by atoms with Crippen molar-refractivity contribution < 1.29 is 0 Å². The van der Waals surface area contributed by atoms with Crippen LogP contribution in [0.15, 0.2) is 10.5 Å². The van der Waals surface area contributed by atoms with Gasteiger partial charge in [-0.25, -0.2) is 0 Å². The highest BCUT2D eigenvalue weighted by Crippen LogP contribution is 2.36. The molecule has 2 unspecified atom stereocenters. The second-order valence-electron chi connectivity index (χ2n) is 5.24. The third kappa shape index (κ3) is 3.71. The van der Waals surface area contributed by atoms with Gasteiger partial charge < -0.3 is 10.6 Å². The van der Waals surface area contributed by atoms with Gasteiger partial charge in [0.2, 0.25) is 0 Å². The number of hydrogen-bond donors (Lipinski definition) is 1. The van der Waals surface area contributed by atoms with Gasteiger partial charge in [0.15, 0.2) is 0 Å². The molecule has 108 valence electrons. The van der Waals surface area contributed by atoms with Crippen LogP contribution in [0.3, 0.4) is 0 Å². The first-order valence-electron chi connectivity index (χ1n) is 6.58. The fraction of sp³-hybridized carbons (Fsp3) is 0.692. The summed E-state index contributed by atoms with van der Waals surface area (Å²) < 4.78 is 1.78. The highest BCUT2D eigenvalue weighted by atomic mass is 79.9. The van der Waals surface area contributed by atoms with E-state index in [0.29, 0.717) is 12.6 Å². The molecule has 2 heterocycles. The zero-order valence-electron chi connectivity index (χ0n) is 11.4. The molecule has 0 aliphatic carbocycles. The average Bonchev–Trinajstić information content (AvgIpc) is 2.89. The van der Waals surface area contributed by atoms with Crippen LogP contribution < -0.4 is 5.73 Å². The molecular weight excluding hydrogens is 346 g/mol. The zero-order valence-corrected chi connectivity index (χ0v) is 14.6. The van der Waals surface area contributed by atoms with Gasteiger partial charge in [0.1, 0.15) is 4.34 Å². The molecule has 1 fully saturated rings. The van der Waals surface area contributed by atoms with Crippen molar-refractivity contribution in [2.75, 3.05) is 33.7 Å². The molecule has 0 aromatic carbocycles. The Hall–Kier alpha value is 0.350. The number of nitrogens with zero attached hydrogens (tertiary/aromatic N) is 2. The second-order valence-corrected chi connectivity index (χ2v) is 7.78. The van der Waals surface area contributed by atoms with Crippen molar-refractivity contribution in [2.45, 2.75) is 24.9 Å². The molecule has 0 radical (unpaired) electrons. The Morgan fingerprint density at radius 3 is 2.89 bits per heavy atom. The Balaban J connectivity index is 2.04. The smallest absolute Gasteiger partial charge is 0.107 e. The van der Waals surface area contributed by atoms with Gasteiger partial charge in [-0.05, 0) is 55.5 Å². The van der Waals surface area contributed by atoms with E-state index in [1.54, 1.807) is 11.3 Å². The number of rotatable bonds is 5. The lowest BCUT2D eigenvalue weighted by Crippen LogP contribution is -2.40. The first kappa shape index (κ1) is 15.7. The lowest BCUT2D eigenvalue weighted by molar-refractivity contribution is 0.181. The van der Waals surface area contributed by atoms with E-state index < -0.39 is 0 Å². The lowest BCUT2D eigenvalue weighted by atomic mass is 10.1. The topological polar surface area (TPSA) is 32.5 Å². The third-order valence-electron chi connectivity index (χ3n) is 3.92. The van der Waals surface area contributed by atoms with Crippen LogP contribution in [0.4, 0.5) is 0 Å². The number of likely N-dealkylation sites (N-methyl/N-ethyl adjacent to an activating group) is 2. The van der Waals surface area contributed by atoms with Crippen LogP contribution in [-0.2, 0) is 0 Å². The Labute approximate surface area is 132 Å². The zero-order chi connectivity index (χ0) is 14.0. The molecule has 1 aromatic heterocycles. The van der Waals surface area contributed by atoms with Crippen LogP contribution in [0.5, 0.6) is 0 Å². The highest BCUT2D eigenvalue weighted by molar-refractivity contribution is 9.10. The quantitative estimate of drug-likeness (QED) is 0.868. The molecule has 19 heavy (non-hydrogen) atoms. The van der Waals surface area contributed by atoms with Gasteiger partial charge in [0.05, 0.1) is 6.04 Å². The van der Waals surface area contributed by atoms with Crippen LogP contribution in [0.25, 0.3) is 0 Å². The van der Waals surface area contributed by atoms with Crippen molar-refractivity contribution in [2.24, 2.45) is 5.73 Å². The van der Waals surface area contributed by atoms with Crippen molar-refractivity contribution >= 4 is 38.9 Å². The predicted molar refractivity (Wildman–Crippen MR) is 87.1 cm³/mol. The average molecular weight is 367 g/mol. The molecular formula is C13H21BrClN3S. The number of halogens is 2. The molecule has 1 aliphatic heterocycles. The summed E-state index contributed by atoms with van der Waals surface area (Å²) in [4.78, 5) is 6.05. The molecule has 2 N–H and O–H groups in total. The SMILES string of the molecule is CN1CCCC1CN(C)C(CN)c1cc(Br)c(Cl)s1. The van der Waals surface area contributed by atoms with Gasteiger partial charge in [-0.2, -0.15) is 0 Å². The van der Waals surface area contributed by atoms with Crippen LogP contribution in [0, 0.1) is 0 Å². The van der Waals surface area contributed by atoms with E-state index in [4.69, 9.17) is 17.3 Å². The van der Waals surface area contributed by atoms with Crippen molar-refractivity contribution in [3.63, 3.8) is 0 Å². The van der Waals surface area contributed by atoms with E-state index in [2.05, 4.69) is 45.9 Å². The van der Waals surface area contributed by atoms with Crippen LogP contribution in [0.2, 0.25) is 4.34 Å². The molecule has 3 nitrogen and oxygen atoms in total. The molecule has 0 amide bonds. The van der Waals surface area contributed by atoms with Crippen LogP contribution >= 0.6 is 38.9 Å². The summed E-state index contributed by atoms with van der Waals surface area (Å²) in [6, 6.07) is 3.00. The summed E-state index contributed by atoms with van der Waals surface area (Å²) in [5.74, 6) is 0. The Morgan fingerprint density at radius 1 is 1.68 bits per heavy atom.